The number of hydrogen-bond donors (Lipinski definition) is 2. The number of anilines is 2. The van der Waals surface area contributed by atoms with E-state index in [9.17, 15) is 5.11 Å². The Morgan fingerprint density at radius 2 is 2.18 bits per heavy atom. The molecule has 0 saturated carbocycles. The summed E-state index contributed by atoms with van der Waals surface area (Å²) in [6, 6.07) is 1.88. The van der Waals surface area contributed by atoms with Crippen LogP contribution in [0, 0.1) is 5.92 Å². The first-order valence-corrected chi connectivity index (χ1v) is 6.71. The second kappa shape index (κ2) is 5.23. The predicted molar refractivity (Wildman–Crippen MR) is 73.0 cm³/mol. The van der Waals surface area contributed by atoms with Gasteiger partial charge in [-0.2, -0.15) is 0 Å². The smallest absolute Gasteiger partial charge is 0.151 e. The van der Waals surface area contributed by atoms with Crippen LogP contribution < -0.4 is 10.6 Å². The van der Waals surface area contributed by atoms with Crippen LogP contribution in [-0.4, -0.2) is 29.3 Å². The second-order valence-corrected chi connectivity index (χ2v) is 5.55. The molecule has 0 radical (unpaired) electrons. The zero-order chi connectivity index (χ0) is 12.4. The van der Waals surface area contributed by atoms with Crippen LogP contribution in [0.2, 0.25) is 0 Å². The van der Waals surface area contributed by atoms with Crippen LogP contribution in [0.5, 0.6) is 0 Å². The summed E-state index contributed by atoms with van der Waals surface area (Å²) in [5.41, 5.74) is 6.67. The normalized spacial score (nSPS) is 19.4. The molecule has 94 valence electrons. The lowest BCUT2D eigenvalue weighted by Crippen LogP contribution is -2.37. The molecule has 1 saturated heterocycles. The van der Waals surface area contributed by atoms with E-state index in [4.69, 9.17) is 5.73 Å². The maximum Gasteiger partial charge on any atom is 0.151 e. The molecule has 1 atom stereocenters. The third-order valence-electron chi connectivity index (χ3n) is 3.38. The molecule has 1 aliphatic heterocycles. The molecule has 2 rings (SSSR count). The van der Waals surface area contributed by atoms with Gasteiger partial charge in [-0.1, -0.05) is 0 Å². The Hall–Kier alpha value is -0.810. The molecule has 1 aromatic rings. The minimum atomic E-state index is -0.215. The predicted octanol–water partition coefficient (Wildman–Crippen LogP) is 2.02. The summed E-state index contributed by atoms with van der Waals surface area (Å²) in [5.74, 6) is 1.26. The molecule has 1 aromatic heterocycles. The van der Waals surface area contributed by atoms with Crippen molar-refractivity contribution in [3.05, 3.63) is 16.7 Å². The first kappa shape index (κ1) is 12.6. The van der Waals surface area contributed by atoms with Crippen molar-refractivity contribution in [2.24, 2.45) is 5.92 Å². The van der Waals surface area contributed by atoms with Gasteiger partial charge in [-0.15, -0.1) is 0 Å². The van der Waals surface area contributed by atoms with Gasteiger partial charge in [0.25, 0.3) is 0 Å². The molecule has 1 aliphatic rings. The van der Waals surface area contributed by atoms with E-state index in [2.05, 4.69) is 25.8 Å². The van der Waals surface area contributed by atoms with E-state index < -0.39 is 0 Å². The van der Waals surface area contributed by atoms with E-state index in [1.807, 2.05) is 13.0 Å². The number of rotatable bonds is 2. The van der Waals surface area contributed by atoms with Gasteiger partial charge < -0.3 is 15.7 Å². The van der Waals surface area contributed by atoms with Crippen LogP contribution in [0.25, 0.3) is 0 Å². The van der Waals surface area contributed by atoms with Crippen LogP contribution in [-0.2, 0) is 0 Å². The van der Waals surface area contributed by atoms with E-state index in [0.717, 1.165) is 36.2 Å². The topological polar surface area (TPSA) is 62.4 Å². The number of piperidine rings is 1. The summed E-state index contributed by atoms with van der Waals surface area (Å²) in [7, 11) is 0. The monoisotopic (exact) mass is 299 g/mol. The molecular formula is C12H18BrN3O. The highest BCUT2D eigenvalue weighted by Gasteiger charge is 2.24. The number of nitrogen functional groups attached to an aromatic ring is 1. The van der Waals surface area contributed by atoms with Crippen molar-refractivity contribution >= 4 is 27.4 Å². The van der Waals surface area contributed by atoms with Crippen LogP contribution in [0.1, 0.15) is 19.8 Å². The number of aliphatic hydroxyl groups excluding tert-OH is 1. The van der Waals surface area contributed by atoms with E-state index in [1.54, 1.807) is 6.20 Å². The molecule has 17 heavy (non-hydrogen) atoms. The van der Waals surface area contributed by atoms with Crippen molar-refractivity contribution in [3.63, 3.8) is 0 Å². The van der Waals surface area contributed by atoms with E-state index in [-0.39, 0.29) is 6.10 Å². The van der Waals surface area contributed by atoms with Gasteiger partial charge in [0.1, 0.15) is 0 Å². The highest BCUT2D eigenvalue weighted by molar-refractivity contribution is 9.10. The summed E-state index contributed by atoms with van der Waals surface area (Å²) in [5, 5.41) is 9.56. The maximum absolute atomic E-state index is 9.56. The lowest BCUT2D eigenvalue weighted by atomic mass is 9.92. The summed E-state index contributed by atoms with van der Waals surface area (Å²) < 4.78 is 0.901. The number of halogens is 1. The van der Waals surface area contributed by atoms with Crippen LogP contribution in [0.4, 0.5) is 11.5 Å². The lowest BCUT2D eigenvalue weighted by Gasteiger charge is -2.34. The molecule has 5 heteroatoms. The minimum absolute atomic E-state index is 0.215. The van der Waals surface area contributed by atoms with Gasteiger partial charge in [-0.05, 0) is 47.7 Å². The second-order valence-electron chi connectivity index (χ2n) is 4.63. The first-order chi connectivity index (χ1) is 8.08. The number of aromatic nitrogens is 1. The number of pyridine rings is 1. The molecule has 0 aromatic carbocycles. The Bertz CT molecular complexity index is 389. The van der Waals surface area contributed by atoms with Gasteiger partial charge in [0, 0.05) is 23.8 Å². The molecule has 1 unspecified atom stereocenters. The largest absolute Gasteiger partial charge is 0.396 e. The van der Waals surface area contributed by atoms with E-state index in [0.29, 0.717) is 11.6 Å². The van der Waals surface area contributed by atoms with Crippen molar-refractivity contribution in [1.29, 1.82) is 0 Å². The SMILES string of the molecule is CC(O)C1CCN(c2ncc(Br)cc2N)CC1. The molecule has 2 heterocycles. The van der Waals surface area contributed by atoms with Gasteiger partial charge in [0.15, 0.2) is 5.82 Å². The Morgan fingerprint density at radius 1 is 1.53 bits per heavy atom. The molecule has 0 aliphatic carbocycles. The number of aliphatic hydroxyl groups is 1. The van der Waals surface area contributed by atoms with Gasteiger partial charge >= 0.3 is 0 Å². The standard InChI is InChI=1S/C12H18BrN3O/c1-8(17)9-2-4-16(5-3-9)12-11(14)6-10(13)7-15-12/h6-9,17H,2-5,14H2,1H3. The van der Waals surface area contributed by atoms with Crippen molar-refractivity contribution < 1.29 is 5.11 Å². The molecular weight excluding hydrogens is 282 g/mol. The van der Waals surface area contributed by atoms with E-state index >= 15 is 0 Å². The molecule has 3 N–H and O–H groups in total. The van der Waals surface area contributed by atoms with Crippen molar-refractivity contribution in [1.82, 2.24) is 4.98 Å². The Morgan fingerprint density at radius 3 is 2.71 bits per heavy atom. The van der Waals surface area contributed by atoms with Crippen LogP contribution >= 0.6 is 15.9 Å². The molecule has 0 bridgehead atoms. The van der Waals surface area contributed by atoms with E-state index in [1.165, 1.54) is 0 Å². The summed E-state index contributed by atoms with van der Waals surface area (Å²) in [6.07, 6.45) is 3.54. The average Bonchev–Trinajstić information content (AvgIpc) is 2.29. The van der Waals surface area contributed by atoms with Crippen LogP contribution in [0.3, 0.4) is 0 Å². The third-order valence-corrected chi connectivity index (χ3v) is 3.82. The van der Waals surface area contributed by atoms with Gasteiger partial charge in [0.2, 0.25) is 0 Å². The number of nitrogens with zero attached hydrogens (tertiary/aromatic N) is 2. The average molecular weight is 300 g/mol. The van der Waals surface area contributed by atoms with Gasteiger partial charge in [0.05, 0.1) is 11.8 Å². The summed E-state index contributed by atoms with van der Waals surface area (Å²) in [6.45, 7) is 3.69. The fourth-order valence-corrected chi connectivity index (χ4v) is 2.65. The number of nitrogens with two attached hydrogens (primary N) is 1. The zero-order valence-electron chi connectivity index (χ0n) is 9.93. The van der Waals surface area contributed by atoms with Crippen LogP contribution in [0.15, 0.2) is 16.7 Å². The molecule has 4 nitrogen and oxygen atoms in total. The highest BCUT2D eigenvalue weighted by atomic mass is 79.9. The Kier molecular flexibility index (Phi) is 3.89. The number of hydrogen-bond acceptors (Lipinski definition) is 4. The Labute approximate surface area is 110 Å². The lowest BCUT2D eigenvalue weighted by molar-refractivity contribution is 0.110. The first-order valence-electron chi connectivity index (χ1n) is 5.92. The molecule has 0 amide bonds. The fraction of sp³-hybridized carbons (Fsp3) is 0.583. The van der Waals surface area contributed by atoms with Crippen molar-refractivity contribution in [2.45, 2.75) is 25.9 Å². The quantitative estimate of drug-likeness (QED) is 0.877. The molecule has 1 fully saturated rings. The summed E-state index contributed by atoms with van der Waals surface area (Å²) >= 11 is 3.35. The maximum atomic E-state index is 9.56. The third kappa shape index (κ3) is 2.90. The summed E-state index contributed by atoms with van der Waals surface area (Å²) in [4.78, 5) is 6.56. The van der Waals surface area contributed by atoms with Gasteiger partial charge in [-0.25, -0.2) is 4.98 Å². The van der Waals surface area contributed by atoms with Gasteiger partial charge in [-0.3, -0.25) is 0 Å². The van der Waals surface area contributed by atoms with Crippen molar-refractivity contribution in [3.8, 4) is 0 Å². The molecule has 0 spiro atoms. The van der Waals surface area contributed by atoms with Crippen molar-refractivity contribution in [2.75, 3.05) is 23.7 Å². The minimum Gasteiger partial charge on any atom is -0.396 e. The highest BCUT2D eigenvalue weighted by Crippen LogP contribution is 2.28. The zero-order valence-corrected chi connectivity index (χ0v) is 11.5. The Balaban J connectivity index is 2.05. The fourth-order valence-electron chi connectivity index (χ4n) is 2.31.